The highest BCUT2D eigenvalue weighted by Gasteiger charge is 2.26. The van der Waals surface area contributed by atoms with Crippen LogP contribution in [0.15, 0.2) is 61.1 Å². The van der Waals surface area contributed by atoms with Crippen LogP contribution in [0.3, 0.4) is 0 Å². The molecule has 1 aliphatic rings. The lowest BCUT2D eigenvalue weighted by Gasteiger charge is -2.33. The molecule has 3 heterocycles. The Morgan fingerprint density at radius 2 is 2.06 bits per heavy atom. The van der Waals surface area contributed by atoms with E-state index in [-0.39, 0.29) is 12.0 Å². The van der Waals surface area contributed by atoms with Crippen molar-refractivity contribution in [3.05, 3.63) is 66.7 Å². The van der Waals surface area contributed by atoms with Gasteiger partial charge in [0.25, 0.3) is 0 Å². The van der Waals surface area contributed by atoms with Gasteiger partial charge in [-0.3, -0.25) is 9.78 Å². The number of rotatable bonds is 8. The summed E-state index contributed by atoms with van der Waals surface area (Å²) in [6.45, 7) is 2.17. The van der Waals surface area contributed by atoms with E-state index in [0.717, 1.165) is 17.1 Å². The number of ether oxygens (including phenoxy) is 2. The largest absolute Gasteiger partial charge is 0.497 e. The molecule has 9 heteroatoms. The molecule has 33 heavy (non-hydrogen) atoms. The second-order valence-corrected chi connectivity index (χ2v) is 7.73. The summed E-state index contributed by atoms with van der Waals surface area (Å²) >= 11 is 0. The van der Waals surface area contributed by atoms with Crippen LogP contribution in [0, 0.1) is 0 Å². The summed E-state index contributed by atoms with van der Waals surface area (Å²) in [5.41, 5.74) is 1.82. The van der Waals surface area contributed by atoms with E-state index in [9.17, 15) is 4.79 Å². The van der Waals surface area contributed by atoms with Gasteiger partial charge in [-0.2, -0.15) is 0 Å². The van der Waals surface area contributed by atoms with Crippen molar-refractivity contribution in [2.75, 3.05) is 50.6 Å². The van der Waals surface area contributed by atoms with Crippen molar-refractivity contribution < 1.29 is 14.3 Å². The van der Waals surface area contributed by atoms with Gasteiger partial charge in [0.05, 0.1) is 32.2 Å². The maximum Gasteiger partial charge on any atom is 0.224 e. The Morgan fingerprint density at radius 1 is 1.21 bits per heavy atom. The Bertz CT molecular complexity index is 1050. The van der Waals surface area contributed by atoms with Crippen molar-refractivity contribution in [1.82, 2.24) is 19.9 Å². The highest BCUT2D eigenvalue weighted by atomic mass is 16.5. The van der Waals surface area contributed by atoms with E-state index >= 15 is 0 Å². The molecule has 1 amide bonds. The molecule has 1 saturated heterocycles. The van der Waals surface area contributed by atoms with Crippen molar-refractivity contribution in [1.29, 1.82) is 0 Å². The summed E-state index contributed by atoms with van der Waals surface area (Å²) in [5.74, 6) is 2.19. The number of morpholine rings is 1. The molecule has 4 rings (SSSR count). The summed E-state index contributed by atoms with van der Waals surface area (Å²) in [5, 5.41) is 3.14. The topological polar surface area (TPSA) is 92.7 Å². The van der Waals surface area contributed by atoms with E-state index in [1.165, 1.54) is 0 Å². The molecule has 0 aliphatic carbocycles. The van der Waals surface area contributed by atoms with E-state index < -0.39 is 0 Å². The van der Waals surface area contributed by atoms with Gasteiger partial charge in [0.1, 0.15) is 23.5 Å². The number of aromatic nitrogens is 3. The Kier molecular flexibility index (Phi) is 7.31. The Hall–Kier alpha value is -3.72. The van der Waals surface area contributed by atoms with Crippen LogP contribution in [0.4, 0.5) is 17.3 Å². The summed E-state index contributed by atoms with van der Waals surface area (Å²) in [7, 11) is 3.63. The fourth-order valence-electron chi connectivity index (χ4n) is 3.64. The van der Waals surface area contributed by atoms with Crippen LogP contribution < -0.4 is 15.0 Å². The number of pyridine rings is 1. The highest BCUT2D eigenvalue weighted by molar-refractivity contribution is 5.77. The lowest BCUT2D eigenvalue weighted by molar-refractivity contribution is -0.138. The van der Waals surface area contributed by atoms with Gasteiger partial charge in [-0.25, -0.2) is 9.97 Å². The number of carbonyl (C=O) groups excluding carboxylic acids is 1. The summed E-state index contributed by atoms with van der Waals surface area (Å²) in [6, 6.07) is 13.5. The standard InChI is InChI=1S/C24H28N6O3/c1-29(18-6-8-19(32-2)9-7-18)13-10-24(31)30-14-15-33-21(17-30)20-4-3-5-22(27-20)28-23-16-25-11-12-26-23/h3-9,11-12,16,21H,10,13-15,17H2,1-2H3,(H,26,27,28)/t21-/m0/s1. The van der Waals surface area contributed by atoms with Crippen LogP contribution in [0.2, 0.25) is 0 Å². The minimum absolute atomic E-state index is 0.109. The molecule has 1 aromatic carbocycles. The Balaban J connectivity index is 1.33. The van der Waals surface area contributed by atoms with Crippen LogP contribution in [-0.2, 0) is 9.53 Å². The number of amides is 1. The van der Waals surface area contributed by atoms with Gasteiger partial charge in [-0.1, -0.05) is 6.07 Å². The van der Waals surface area contributed by atoms with Crippen LogP contribution in [0.1, 0.15) is 18.2 Å². The third-order valence-corrected chi connectivity index (χ3v) is 5.51. The smallest absolute Gasteiger partial charge is 0.224 e. The number of nitrogens with one attached hydrogen (secondary N) is 1. The van der Waals surface area contributed by atoms with Crippen molar-refractivity contribution >= 4 is 23.2 Å². The maximum atomic E-state index is 12.9. The zero-order valence-electron chi connectivity index (χ0n) is 18.8. The van der Waals surface area contributed by atoms with Crippen LogP contribution in [-0.4, -0.2) is 66.2 Å². The van der Waals surface area contributed by atoms with Crippen molar-refractivity contribution in [3.8, 4) is 5.75 Å². The molecule has 0 spiro atoms. The number of methoxy groups -OCH3 is 1. The minimum Gasteiger partial charge on any atom is -0.497 e. The molecule has 9 nitrogen and oxygen atoms in total. The van der Waals surface area contributed by atoms with Crippen LogP contribution >= 0.6 is 0 Å². The molecule has 0 bridgehead atoms. The Labute approximate surface area is 193 Å². The van der Waals surface area contributed by atoms with E-state index in [0.29, 0.717) is 44.3 Å². The first kappa shape index (κ1) is 22.5. The number of hydrogen-bond acceptors (Lipinski definition) is 8. The van der Waals surface area contributed by atoms with Gasteiger partial charge in [0.2, 0.25) is 5.91 Å². The second kappa shape index (κ2) is 10.7. The summed E-state index contributed by atoms with van der Waals surface area (Å²) in [6.07, 6.45) is 5.02. The van der Waals surface area contributed by atoms with Gasteiger partial charge < -0.3 is 24.6 Å². The first-order valence-electron chi connectivity index (χ1n) is 10.9. The quantitative estimate of drug-likeness (QED) is 0.562. The summed E-state index contributed by atoms with van der Waals surface area (Å²) in [4.78, 5) is 29.7. The van der Waals surface area contributed by atoms with Crippen molar-refractivity contribution in [3.63, 3.8) is 0 Å². The average molecular weight is 449 g/mol. The number of anilines is 3. The van der Waals surface area contributed by atoms with Crippen LogP contribution in [0.25, 0.3) is 0 Å². The normalized spacial score (nSPS) is 15.7. The molecule has 3 aromatic rings. The Morgan fingerprint density at radius 3 is 2.82 bits per heavy atom. The van der Waals surface area contributed by atoms with Gasteiger partial charge in [-0.15, -0.1) is 0 Å². The highest BCUT2D eigenvalue weighted by Crippen LogP contribution is 2.24. The zero-order valence-corrected chi connectivity index (χ0v) is 18.8. The molecule has 2 aromatic heterocycles. The lowest BCUT2D eigenvalue weighted by Crippen LogP contribution is -2.43. The molecule has 172 valence electrons. The predicted octanol–water partition coefficient (Wildman–Crippen LogP) is 3.05. The van der Waals surface area contributed by atoms with Gasteiger partial charge in [0, 0.05) is 44.6 Å². The first-order chi connectivity index (χ1) is 16.1. The third kappa shape index (κ3) is 5.95. The minimum atomic E-state index is -0.273. The van der Waals surface area contributed by atoms with E-state index in [1.807, 2.05) is 54.4 Å². The van der Waals surface area contributed by atoms with E-state index in [2.05, 4.69) is 25.2 Å². The van der Waals surface area contributed by atoms with Crippen molar-refractivity contribution in [2.24, 2.45) is 0 Å². The molecule has 0 radical (unpaired) electrons. The van der Waals surface area contributed by atoms with Crippen molar-refractivity contribution in [2.45, 2.75) is 12.5 Å². The number of benzene rings is 1. The fraction of sp³-hybridized carbons (Fsp3) is 0.333. The molecule has 0 unspecified atom stereocenters. The van der Waals surface area contributed by atoms with E-state index in [1.54, 1.807) is 25.7 Å². The molecule has 1 aliphatic heterocycles. The first-order valence-corrected chi connectivity index (χ1v) is 10.9. The maximum absolute atomic E-state index is 12.9. The molecule has 1 fully saturated rings. The van der Waals surface area contributed by atoms with Crippen LogP contribution in [0.5, 0.6) is 5.75 Å². The molecule has 0 saturated carbocycles. The zero-order chi connectivity index (χ0) is 23.0. The fourth-order valence-corrected chi connectivity index (χ4v) is 3.64. The predicted molar refractivity (Wildman–Crippen MR) is 126 cm³/mol. The van der Waals surface area contributed by atoms with Gasteiger partial charge >= 0.3 is 0 Å². The number of carbonyl (C=O) groups is 1. The second-order valence-electron chi connectivity index (χ2n) is 7.73. The lowest BCUT2D eigenvalue weighted by atomic mass is 10.1. The van der Waals surface area contributed by atoms with E-state index in [4.69, 9.17) is 9.47 Å². The van der Waals surface area contributed by atoms with Gasteiger partial charge in [-0.05, 0) is 36.4 Å². The SMILES string of the molecule is COc1ccc(N(C)CCC(=O)N2CCO[C@H](c3cccc(Nc4cnccn4)n3)C2)cc1. The average Bonchev–Trinajstić information content (AvgIpc) is 2.88. The summed E-state index contributed by atoms with van der Waals surface area (Å²) < 4.78 is 11.1. The molecular formula is C24H28N6O3. The number of nitrogens with zero attached hydrogens (tertiary/aromatic N) is 5. The third-order valence-electron chi connectivity index (χ3n) is 5.51. The van der Waals surface area contributed by atoms with Gasteiger partial charge in [0.15, 0.2) is 0 Å². The number of hydrogen-bond donors (Lipinski definition) is 1. The molecule has 1 atom stereocenters. The monoisotopic (exact) mass is 448 g/mol. The molecular weight excluding hydrogens is 420 g/mol. The molecule has 1 N–H and O–H groups in total.